The van der Waals surface area contributed by atoms with Gasteiger partial charge in [-0.15, -0.1) is 11.8 Å². The van der Waals surface area contributed by atoms with Gasteiger partial charge in [-0.05, 0) is 17.5 Å². The minimum absolute atomic E-state index is 0.00579. The van der Waals surface area contributed by atoms with Gasteiger partial charge in [0.15, 0.2) is 0 Å². The zero-order valence-corrected chi connectivity index (χ0v) is 15.5. The van der Waals surface area contributed by atoms with Gasteiger partial charge in [0.2, 0.25) is 17.6 Å². The van der Waals surface area contributed by atoms with Crippen LogP contribution in [0.5, 0.6) is 0 Å². The summed E-state index contributed by atoms with van der Waals surface area (Å²) in [7, 11) is 0. The zero-order valence-electron chi connectivity index (χ0n) is 14.6. The van der Waals surface area contributed by atoms with Gasteiger partial charge in [-0.25, -0.2) is 0 Å². The smallest absolute Gasteiger partial charge is 0.236 e. The van der Waals surface area contributed by atoms with E-state index in [2.05, 4.69) is 34.5 Å². The SMILES string of the molecule is CCc1ccc(-c2noc(CSCC(=O)NCc3ccccc3)n2)cc1. The molecule has 2 aromatic carbocycles. The molecular formula is C20H21N3O2S. The number of thioether (sulfide) groups is 1. The number of hydrogen-bond donors (Lipinski definition) is 1. The van der Waals surface area contributed by atoms with Crippen LogP contribution in [-0.4, -0.2) is 21.8 Å². The van der Waals surface area contributed by atoms with Crippen molar-refractivity contribution in [1.29, 1.82) is 0 Å². The molecule has 0 saturated heterocycles. The summed E-state index contributed by atoms with van der Waals surface area (Å²) in [5.74, 6) is 1.97. The van der Waals surface area contributed by atoms with Crippen LogP contribution in [0.1, 0.15) is 23.9 Å². The molecule has 0 atom stereocenters. The predicted octanol–water partition coefficient (Wildman–Crippen LogP) is 3.85. The fourth-order valence-electron chi connectivity index (χ4n) is 2.40. The van der Waals surface area contributed by atoms with Crippen LogP contribution in [0.3, 0.4) is 0 Å². The maximum atomic E-state index is 11.9. The van der Waals surface area contributed by atoms with Gasteiger partial charge in [0.25, 0.3) is 0 Å². The Morgan fingerprint density at radius 2 is 1.85 bits per heavy atom. The number of hydrogen-bond acceptors (Lipinski definition) is 5. The molecule has 3 aromatic rings. The first kappa shape index (κ1) is 18.2. The van der Waals surface area contributed by atoms with Crippen LogP contribution in [0.2, 0.25) is 0 Å². The van der Waals surface area contributed by atoms with Crippen molar-refractivity contribution in [3.8, 4) is 11.4 Å². The summed E-state index contributed by atoms with van der Waals surface area (Å²) in [6.07, 6.45) is 1.00. The third-order valence-electron chi connectivity index (χ3n) is 3.88. The van der Waals surface area contributed by atoms with Gasteiger partial charge in [-0.3, -0.25) is 4.79 Å². The van der Waals surface area contributed by atoms with Crippen molar-refractivity contribution >= 4 is 17.7 Å². The van der Waals surface area contributed by atoms with Crippen LogP contribution in [0, 0.1) is 0 Å². The number of nitrogens with one attached hydrogen (secondary N) is 1. The largest absolute Gasteiger partial charge is 0.351 e. The lowest BCUT2D eigenvalue weighted by atomic mass is 10.1. The van der Waals surface area contributed by atoms with Crippen LogP contribution < -0.4 is 5.32 Å². The molecule has 1 N–H and O–H groups in total. The molecule has 0 fully saturated rings. The van der Waals surface area contributed by atoms with E-state index in [4.69, 9.17) is 4.52 Å². The van der Waals surface area contributed by atoms with E-state index < -0.39 is 0 Å². The van der Waals surface area contributed by atoms with Crippen molar-refractivity contribution in [2.75, 3.05) is 5.75 Å². The second-order valence-electron chi connectivity index (χ2n) is 5.82. The van der Waals surface area contributed by atoms with Crippen molar-refractivity contribution in [1.82, 2.24) is 15.5 Å². The Bertz CT molecular complexity index is 832. The summed E-state index contributed by atoms with van der Waals surface area (Å²) in [4.78, 5) is 16.3. The molecule has 0 unspecified atom stereocenters. The molecule has 0 aliphatic heterocycles. The van der Waals surface area contributed by atoms with Crippen molar-refractivity contribution in [3.63, 3.8) is 0 Å². The van der Waals surface area contributed by atoms with Crippen molar-refractivity contribution in [3.05, 3.63) is 71.6 Å². The third-order valence-corrected chi connectivity index (χ3v) is 4.80. The number of amides is 1. The highest BCUT2D eigenvalue weighted by atomic mass is 32.2. The molecule has 134 valence electrons. The Morgan fingerprint density at radius 1 is 1.08 bits per heavy atom. The Balaban J connectivity index is 1.43. The second kappa shape index (κ2) is 9.20. The number of benzene rings is 2. The summed E-state index contributed by atoms with van der Waals surface area (Å²) < 4.78 is 5.27. The molecule has 5 nitrogen and oxygen atoms in total. The molecule has 0 bridgehead atoms. The molecule has 1 heterocycles. The highest BCUT2D eigenvalue weighted by molar-refractivity contribution is 7.99. The van der Waals surface area contributed by atoms with E-state index in [1.54, 1.807) is 0 Å². The van der Waals surface area contributed by atoms with Gasteiger partial charge in [0.1, 0.15) is 0 Å². The number of rotatable bonds is 8. The molecule has 0 spiro atoms. The quantitative estimate of drug-likeness (QED) is 0.655. The minimum Gasteiger partial charge on any atom is -0.351 e. The van der Waals surface area contributed by atoms with Crippen LogP contribution in [-0.2, 0) is 23.5 Å². The fraction of sp³-hybridized carbons (Fsp3) is 0.250. The number of carbonyl (C=O) groups excluding carboxylic acids is 1. The molecule has 0 saturated carbocycles. The summed E-state index contributed by atoms with van der Waals surface area (Å²) >= 11 is 1.46. The predicted molar refractivity (Wildman–Crippen MR) is 104 cm³/mol. The van der Waals surface area contributed by atoms with Crippen molar-refractivity contribution in [2.24, 2.45) is 0 Å². The fourth-order valence-corrected chi connectivity index (χ4v) is 3.08. The van der Waals surface area contributed by atoms with E-state index in [9.17, 15) is 4.79 Å². The van der Waals surface area contributed by atoms with E-state index >= 15 is 0 Å². The van der Waals surface area contributed by atoms with Crippen LogP contribution >= 0.6 is 11.8 Å². The summed E-state index contributed by atoms with van der Waals surface area (Å²) in [6.45, 7) is 2.66. The van der Waals surface area contributed by atoms with Gasteiger partial charge in [-0.2, -0.15) is 4.98 Å². The summed E-state index contributed by atoms with van der Waals surface area (Å²) in [6, 6.07) is 18.0. The first-order valence-corrected chi connectivity index (χ1v) is 9.70. The van der Waals surface area contributed by atoms with Gasteiger partial charge in [0.05, 0.1) is 11.5 Å². The molecule has 6 heteroatoms. The maximum absolute atomic E-state index is 11.9. The maximum Gasteiger partial charge on any atom is 0.236 e. The van der Waals surface area contributed by atoms with Gasteiger partial charge in [-0.1, -0.05) is 66.7 Å². The van der Waals surface area contributed by atoms with E-state index in [1.165, 1.54) is 17.3 Å². The van der Waals surface area contributed by atoms with Crippen molar-refractivity contribution in [2.45, 2.75) is 25.6 Å². The molecule has 1 aromatic heterocycles. The normalized spacial score (nSPS) is 10.7. The van der Waals surface area contributed by atoms with Crippen LogP contribution in [0.4, 0.5) is 0 Å². The lowest BCUT2D eigenvalue weighted by molar-refractivity contribution is -0.118. The number of carbonyl (C=O) groups is 1. The average molecular weight is 367 g/mol. The highest BCUT2D eigenvalue weighted by Gasteiger charge is 2.10. The Kier molecular flexibility index (Phi) is 6.44. The number of aromatic nitrogens is 2. The Hall–Kier alpha value is -2.60. The molecule has 0 radical (unpaired) electrons. The third kappa shape index (κ3) is 5.20. The van der Waals surface area contributed by atoms with E-state index in [0.29, 0.717) is 29.8 Å². The second-order valence-corrected chi connectivity index (χ2v) is 6.80. The average Bonchev–Trinajstić information content (AvgIpc) is 3.16. The van der Waals surface area contributed by atoms with E-state index in [0.717, 1.165) is 17.5 Å². The monoisotopic (exact) mass is 367 g/mol. The lowest BCUT2D eigenvalue weighted by Gasteiger charge is -2.04. The number of nitrogens with zero attached hydrogens (tertiary/aromatic N) is 2. The standard InChI is InChI=1S/C20H21N3O2S/c1-2-15-8-10-17(11-9-15)20-22-19(25-23-20)14-26-13-18(24)21-12-16-6-4-3-5-7-16/h3-11H,2,12-14H2,1H3,(H,21,24). The van der Waals surface area contributed by atoms with Gasteiger partial charge < -0.3 is 9.84 Å². The van der Waals surface area contributed by atoms with Gasteiger partial charge >= 0.3 is 0 Å². The first-order chi connectivity index (χ1) is 12.7. The zero-order chi connectivity index (χ0) is 18.2. The summed E-state index contributed by atoms with van der Waals surface area (Å²) in [5.41, 5.74) is 3.29. The number of aryl methyl sites for hydroxylation is 1. The van der Waals surface area contributed by atoms with Crippen LogP contribution in [0.25, 0.3) is 11.4 Å². The summed E-state index contributed by atoms with van der Waals surface area (Å²) in [5, 5.41) is 6.92. The Labute approximate surface area is 157 Å². The van der Waals surface area contributed by atoms with E-state index in [-0.39, 0.29) is 5.91 Å². The molecule has 26 heavy (non-hydrogen) atoms. The highest BCUT2D eigenvalue weighted by Crippen LogP contribution is 2.19. The molecule has 3 rings (SSSR count). The molecule has 0 aliphatic carbocycles. The minimum atomic E-state index is -0.00579. The van der Waals surface area contributed by atoms with Crippen LogP contribution in [0.15, 0.2) is 59.1 Å². The molecule has 0 aliphatic rings. The molecule has 1 amide bonds. The Morgan fingerprint density at radius 3 is 2.58 bits per heavy atom. The topological polar surface area (TPSA) is 68.0 Å². The lowest BCUT2D eigenvalue weighted by Crippen LogP contribution is -2.24. The first-order valence-electron chi connectivity index (χ1n) is 8.55. The van der Waals surface area contributed by atoms with Gasteiger partial charge in [0, 0.05) is 12.1 Å². The van der Waals surface area contributed by atoms with Crippen molar-refractivity contribution < 1.29 is 9.32 Å². The molecular weight excluding hydrogens is 346 g/mol. The van der Waals surface area contributed by atoms with E-state index in [1.807, 2.05) is 42.5 Å².